The molecule has 3 nitrogen and oxygen atoms in total. The maximum absolute atomic E-state index is 13.6. The summed E-state index contributed by atoms with van der Waals surface area (Å²) in [5, 5.41) is 5.96. The van der Waals surface area contributed by atoms with Crippen molar-refractivity contribution in [3.8, 4) is 0 Å². The molecule has 4 heteroatoms. The molecule has 0 radical (unpaired) electrons. The molecule has 1 heterocycles. The second-order valence-corrected chi connectivity index (χ2v) is 4.90. The molecule has 98 valence electrons. The van der Waals surface area contributed by atoms with Crippen LogP contribution in [0.5, 0.6) is 0 Å². The van der Waals surface area contributed by atoms with Gasteiger partial charge >= 0.3 is 0 Å². The molecule has 1 aromatic carbocycles. The van der Waals surface area contributed by atoms with Crippen LogP contribution >= 0.6 is 0 Å². The number of hydrogen-bond donors (Lipinski definition) is 2. The van der Waals surface area contributed by atoms with Gasteiger partial charge in [0.05, 0.1) is 5.69 Å². The third kappa shape index (κ3) is 3.29. The second-order valence-electron chi connectivity index (χ2n) is 4.90. The zero-order valence-corrected chi connectivity index (χ0v) is 10.6. The van der Waals surface area contributed by atoms with Crippen LogP contribution in [0.1, 0.15) is 24.8 Å². The fourth-order valence-electron chi connectivity index (χ4n) is 2.34. The highest BCUT2D eigenvalue weighted by Gasteiger charge is 2.17. The van der Waals surface area contributed by atoms with Crippen LogP contribution in [0.2, 0.25) is 0 Å². The predicted molar refractivity (Wildman–Crippen MR) is 70.0 cm³/mol. The van der Waals surface area contributed by atoms with Gasteiger partial charge in [-0.2, -0.15) is 0 Å². The van der Waals surface area contributed by atoms with Crippen LogP contribution in [-0.2, 0) is 4.79 Å². The van der Waals surface area contributed by atoms with Crippen molar-refractivity contribution in [2.24, 2.45) is 5.92 Å². The Balaban J connectivity index is 1.94. The Morgan fingerprint density at radius 1 is 1.56 bits per heavy atom. The van der Waals surface area contributed by atoms with E-state index in [4.69, 9.17) is 0 Å². The molecular formula is C14H19FN2O. The summed E-state index contributed by atoms with van der Waals surface area (Å²) in [5.41, 5.74) is 1.07. The largest absolute Gasteiger partial charge is 0.323 e. The number of halogens is 1. The molecule has 0 bridgehead atoms. The maximum Gasteiger partial charge on any atom is 0.224 e. The SMILES string of the molecule is Cc1cccc(F)c1NC(=O)CC1CCCNC1. The Morgan fingerprint density at radius 3 is 3.06 bits per heavy atom. The topological polar surface area (TPSA) is 41.1 Å². The molecule has 1 aliphatic heterocycles. The minimum atomic E-state index is -0.370. The zero-order valence-electron chi connectivity index (χ0n) is 10.6. The number of anilines is 1. The summed E-state index contributed by atoms with van der Waals surface area (Å²) in [5.74, 6) is -0.104. The number of carbonyl (C=O) groups is 1. The van der Waals surface area contributed by atoms with Crippen LogP contribution in [0.15, 0.2) is 18.2 Å². The number of para-hydroxylation sites is 1. The fourth-order valence-corrected chi connectivity index (χ4v) is 2.34. The lowest BCUT2D eigenvalue weighted by molar-refractivity contribution is -0.117. The van der Waals surface area contributed by atoms with Crippen LogP contribution < -0.4 is 10.6 Å². The summed E-state index contributed by atoms with van der Waals surface area (Å²) >= 11 is 0. The molecule has 1 aromatic rings. The van der Waals surface area contributed by atoms with Gasteiger partial charge in [0.1, 0.15) is 5.82 Å². The molecule has 0 aliphatic carbocycles. The van der Waals surface area contributed by atoms with Gasteiger partial charge in [-0.3, -0.25) is 4.79 Å². The third-order valence-electron chi connectivity index (χ3n) is 3.36. The number of rotatable bonds is 3. The van der Waals surface area contributed by atoms with Crippen molar-refractivity contribution in [3.05, 3.63) is 29.6 Å². The first-order chi connectivity index (χ1) is 8.66. The van der Waals surface area contributed by atoms with Gasteiger partial charge in [-0.25, -0.2) is 4.39 Å². The molecule has 1 fully saturated rings. The maximum atomic E-state index is 13.6. The number of benzene rings is 1. The molecule has 0 aromatic heterocycles. The molecular weight excluding hydrogens is 231 g/mol. The van der Waals surface area contributed by atoms with E-state index in [1.807, 2.05) is 0 Å². The van der Waals surface area contributed by atoms with E-state index < -0.39 is 0 Å². The number of hydrogen-bond acceptors (Lipinski definition) is 2. The summed E-state index contributed by atoms with van der Waals surface area (Å²) in [6.07, 6.45) is 2.63. The van der Waals surface area contributed by atoms with Gasteiger partial charge in [0, 0.05) is 6.42 Å². The summed E-state index contributed by atoms with van der Waals surface area (Å²) in [6.45, 7) is 3.70. The Labute approximate surface area is 107 Å². The smallest absolute Gasteiger partial charge is 0.224 e. The average Bonchev–Trinajstić information content (AvgIpc) is 2.35. The molecule has 18 heavy (non-hydrogen) atoms. The van der Waals surface area contributed by atoms with Crippen molar-refractivity contribution in [1.82, 2.24) is 5.32 Å². The molecule has 1 atom stereocenters. The van der Waals surface area contributed by atoms with E-state index >= 15 is 0 Å². The molecule has 0 saturated carbocycles. The number of aryl methyl sites for hydroxylation is 1. The molecule has 1 amide bonds. The monoisotopic (exact) mass is 250 g/mol. The minimum Gasteiger partial charge on any atom is -0.323 e. The summed E-state index contributed by atoms with van der Waals surface area (Å²) in [7, 11) is 0. The van der Waals surface area contributed by atoms with E-state index in [0.717, 1.165) is 31.5 Å². The van der Waals surface area contributed by atoms with Crippen molar-refractivity contribution in [2.45, 2.75) is 26.2 Å². The molecule has 1 saturated heterocycles. The highest BCUT2D eigenvalue weighted by atomic mass is 19.1. The standard InChI is InChI=1S/C14H19FN2O/c1-10-4-2-6-12(15)14(10)17-13(18)8-11-5-3-7-16-9-11/h2,4,6,11,16H,3,5,7-9H2,1H3,(H,17,18). The second kappa shape index (κ2) is 5.96. The van der Waals surface area contributed by atoms with Crippen molar-refractivity contribution in [1.29, 1.82) is 0 Å². The first-order valence-corrected chi connectivity index (χ1v) is 6.42. The van der Waals surface area contributed by atoms with E-state index in [1.165, 1.54) is 6.07 Å². The van der Waals surface area contributed by atoms with E-state index in [1.54, 1.807) is 19.1 Å². The highest BCUT2D eigenvalue weighted by Crippen LogP contribution is 2.20. The number of nitrogens with one attached hydrogen (secondary N) is 2. The lowest BCUT2D eigenvalue weighted by atomic mass is 9.96. The zero-order chi connectivity index (χ0) is 13.0. The lowest BCUT2D eigenvalue weighted by Gasteiger charge is -2.22. The van der Waals surface area contributed by atoms with E-state index in [2.05, 4.69) is 10.6 Å². The van der Waals surface area contributed by atoms with Gasteiger partial charge in [-0.15, -0.1) is 0 Å². The molecule has 0 spiro atoms. The lowest BCUT2D eigenvalue weighted by Crippen LogP contribution is -2.32. The van der Waals surface area contributed by atoms with Crippen LogP contribution in [-0.4, -0.2) is 19.0 Å². The van der Waals surface area contributed by atoms with Gasteiger partial charge in [0.25, 0.3) is 0 Å². The van der Waals surface area contributed by atoms with Crippen molar-refractivity contribution in [3.63, 3.8) is 0 Å². The van der Waals surface area contributed by atoms with Crippen LogP contribution in [0.3, 0.4) is 0 Å². The number of piperidine rings is 1. The van der Waals surface area contributed by atoms with Crippen LogP contribution in [0, 0.1) is 18.7 Å². The predicted octanol–water partition coefficient (Wildman–Crippen LogP) is 2.46. The molecule has 1 aliphatic rings. The van der Waals surface area contributed by atoms with Gasteiger partial charge < -0.3 is 10.6 Å². The number of carbonyl (C=O) groups excluding carboxylic acids is 1. The summed E-state index contributed by atoms with van der Waals surface area (Å²) in [6, 6.07) is 4.80. The normalized spacial score (nSPS) is 19.6. The molecule has 2 N–H and O–H groups in total. The van der Waals surface area contributed by atoms with Crippen molar-refractivity contribution >= 4 is 11.6 Å². The molecule has 2 rings (SSSR count). The molecule has 1 unspecified atom stereocenters. The first-order valence-electron chi connectivity index (χ1n) is 6.42. The Hall–Kier alpha value is -1.42. The average molecular weight is 250 g/mol. The fraction of sp³-hybridized carbons (Fsp3) is 0.500. The van der Waals surface area contributed by atoms with Crippen LogP contribution in [0.4, 0.5) is 10.1 Å². The van der Waals surface area contributed by atoms with E-state index in [0.29, 0.717) is 18.0 Å². The quantitative estimate of drug-likeness (QED) is 0.865. The van der Waals surface area contributed by atoms with Gasteiger partial charge in [-0.05, 0) is 50.4 Å². The van der Waals surface area contributed by atoms with Crippen LogP contribution in [0.25, 0.3) is 0 Å². The Morgan fingerprint density at radius 2 is 2.39 bits per heavy atom. The Bertz CT molecular complexity index is 408. The van der Waals surface area contributed by atoms with Crippen molar-refractivity contribution < 1.29 is 9.18 Å². The summed E-state index contributed by atoms with van der Waals surface area (Å²) < 4.78 is 13.6. The van der Waals surface area contributed by atoms with Gasteiger partial charge in [-0.1, -0.05) is 12.1 Å². The third-order valence-corrected chi connectivity index (χ3v) is 3.36. The summed E-state index contributed by atoms with van der Waals surface area (Å²) in [4.78, 5) is 11.9. The Kier molecular flexibility index (Phi) is 4.31. The number of amides is 1. The minimum absolute atomic E-state index is 0.100. The van der Waals surface area contributed by atoms with Crippen molar-refractivity contribution in [2.75, 3.05) is 18.4 Å². The van der Waals surface area contributed by atoms with Gasteiger partial charge in [0.15, 0.2) is 0 Å². The first kappa shape index (κ1) is 13.0. The van der Waals surface area contributed by atoms with E-state index in [-0.39, 0.29) is 11.7 Å². The van der Waals surface area contributed by atoms with E-state index in [9.17, 15) is 9.18 Å². The highest BCUT2D eigenvalue weighted by molar-refractivity contribution is 5.91. The van der Waals surface area contributed by atoms with Gasteiger partial charge in [0.2, 0.25) is 5.91 Å².